The zero-order valence-electron chi connectivity index (χ0n) is 36.4. The fourth-order valence-corrected chi connectivity index (χ4v) is 5.95. The molecule has 0 bridgehead atoms. The number of amides is 3. The minimum atomic E-state index is -1.24. The standard InChI is InChI=1S/C43H75N3O14/c1-3-4-23-44-40(51)22-20-38(43(55)56)46-41(52)33-60-30-27-57-25-15-18-37(49)32-59-29-28-58-26-24-45-39(50)21-19-35(42(53)54)31-36(48)17-14-12-10-8-6-5-7-9-11-13-16-34(2)47/h35,38H,3-33H2,1-2H3,(H,44,51)(H,45,50)(H,46,52)(H,53,54)(H,55,56)/t35-,38+/m1/s1. The minimum Gasteiger partial charge on any atom is -0.481 e. The molecule has 60 heavy (non-hydrogen) atoms. The van der Waals surface area contributed by atoms with Crippen LogP contribution >= 0.6 is 0 Å². The molecule has 0 aliphatic heterocycles. The molecule has 17 nitrogen and oxygen atoms in total. The van der Waals surface area contributed by atoms with Gasteiger partial charge in [0.1, 0.15) is 30.8 Å². The van der Waals surface area contributed by atoms with Crippen molar-refractivity contribution in [2.45, 2.75) is 155 Å². The second-order valence-corrected chi connectivity index (χ2v) is 15.1. The van der Waals surface area contributed by atoms with Crippen LogP contribution in [0.5, 0.6) is 0 Å². The highest BCUT2D eigenvalue weighted by atomic mass is 16.5. The molecule has 2 atom stereocenters. The van der Waals surface area contributed by atoms with Gasteiger partial charge in [-0.15, -0.1) is 0 Å². The number of ether oxygens (including phenoxy) is 4. The average Bonchev–Trinajstić information content (AvgIpc) is 3.20. The Labute approximate surface area is 356 Å². The predicted octanol–water partition coefficient (Wildman–Crippen LogP) is 4.49. The molecule has 0 aliphatic carbocycles. The second kappa shape index (κ2) is 39.3. The van der Waals surface area contributed by atoms with E-state index in [9.17, 15) is 48.6 Å². The Kier molecular flexibility index (Phi) is 36.9. The van der Waals surface area contributed by atoms with Crippen LogP contribution in [-0.2, 0) is 57.3 Å². The molecule has 0 aromatic heterocycles. The third-order valence-corrected chi connectivity index (χ3v) is 9.48. The number of carbonyl (C=O) groups is 8. The first-order valence-corrected chi connectivity index (χ1v) is 22.0. The van der Waals surface area contributed by atoms with Gasteiger partial charge >= 0.3 is 11.9 Å². The van der Waals surface area contributed by atoms with Crippen molar-refractivity contribution in [3.63, 3.8) is 0 Å². The van der Waals surface area contributed by atoms with E-state index in [4.69, 9.17) is 18.9 Å². The summed E-state index contributed by atoms with van der Waals surface area (Å²) in [5.41, 5.74) is 0. The summed E-state index contributed by atoms with van der Waals surface area (Å²) in [6.07, 6.45) is 14.0. The number of carbonyl (C=O) groups excluding carboxylic acids is 6. The monoisotopic (exact) mass is 858 g/mol. The molecule has 0 spiro atoms. The molecule has 3 amide bonds. The van der Waals surface area contributed by atoms with Crippen LogP contribution < -0.4 is 16.0 Å². The van der Waals surface area contributed by atoms with Crippen molar-refractivity contribution in [2.75, 3.05) is 65.9 Å². The van der Waals surface area contributed by atoms with Crippen molar-refractivity contribution >= 4 is 47.0 Å². The molecule has 0 aromatic rings. The van der Waals surface area contributed by atoms with Crippen LogP contribution in [-0.4, -0.2) is 129 Å². The first-order valence-electron chi connectivity index (χ1n) is 22.0. The summed E-state index contributed by atoms with van der Waals surface area (Å²) in [4.78, 5) is 94.5. The summed E-state index contributed by atoms with van der Waals surface area (Å²) < 4.78 is 21.3. The van der Waals surface area contributed by atoms with Crippen molar-refractivity contribution in [2.24, 2.45) is 5.92 Å². The fraction of sp³-hybridized carbons (Fsp3) is 0.814. The number of rotatable bonds is 44. The average molecular weight is 858 g/mol. The quantitative estimate of drug-likeness (QED) is 0.0530. The van der Waals surface area contributed by atoms with E-state index in [1.165, 1.54) is 12.8 Å². The maximum atomic E-state index is 12.4. The largest absolute Gasteiger partial charge is 0.481 e. The van der Waals surface area contributed by atoms with E-state index >= 15 is 0 Å². The lowest BCUT2D eigenvalue weighted by Crippen LogP contribution is -2.43. The summed E-state index contributed by atoms with van der Waals surface area (Å²) in [6.45, 7) is 5.08. The van der Waals surface area contributed by atoms with Crippen molar-refractivity contribution in [1.82, 2.24) is 16.0 Å². The van der Waals surface area contributed by atoms with Crippen molar-refractivity contribution in [3.8, 4) is 0 Å². The molecule has 0 aromatic carbocycles. The number of Topliss-reactive ketones (excluding diaryl/α,β-unsaturated/α-hetero) is 3. The Hall–Kier alpha value is -3.80. The molecule has 17 heteroatoms. The Bertz CT molecular complexity index is 1230. The number of hydrogen-bond acceptors (Lipinski definition) is 12. The van der Waals surface area contributed by atoms with Gasteiger partial charge in [-0.2, -0.15) is 0 Å². The number of ketones is 3. The first-order chi connectivity index (χ1) is 28.8. The molecule has 5 N–H and O–H groups in total. The number of carboxylic acids is 2. The van der Waals surface area contributed by atoms with Gasteiger partial charge in [-0.1, -0.05) is 64.7 Å². The van der Waals surface area contributed by atoms with Gasteiger partial charge in [0.05, 0.1) is 39.0 Å². The van der Waals surface area contributed by atoms with Crippen LogP contribution in [0.3, 0.4) is 0 Å². The Morgan fingerprint density at radius 2 is 1.00 bits per heavy atom. The van der Waals surface area contributed by atoms with Gasteiger partial charge in [0.15, 0.2) is 5.78 Å². The number of hydrogen-bond donors (Lipinski definition) is 5. The van der Waals surface area contributed by atoms with Gasteiger partial charge in [0, 0.05) is 58.2 Å². The molecule has 0 saturated heterocycles. The highest BCUT2D eigenvalue weighted by molar-refractivity contribution is 5.85. The van der Waals surface area contributed by atoms with Gasteiger partial charge in [0.2, 0.25) is 17.7 Å². The Morgan fingerprint density at radius 3 is 1.58 bits per heavy atom. The summed E-state index contributed by atoms with van der Waals surface area (Å²) in [5.74, 6) is -4.37. The Morgan fingerprint density at radius 1 is 0.483 bits per heavy atom. The van der Waals surface area contributed by atoms with E-state index in [1.54, 1.807) is 6.92 Å². The Balaban J connectivity index is 3.78. The summed E-state index contributed by atoms with van der Waals surface area (Å²) in [6, 6.07) is -1.20. The van der Waals surface area contributed by atoms with Gasteiger partial charge in [-0.25, -0.2) is 4.79 Å². The summed E-state index contributed by atoms with van der Waals surface area (Å²) in [7, 11) is 0. The third-order valence-electron chi connectivity index (χ3n) is 9.48. The summed E-state index contributed by atoms with van der Waals surface area (Å²) in [5, 5.41) is 26.6. The van der Waals surface area contributed by atoms with E-state index in [2.05, 4.69) is 16.0 Å². The lowest BCUT2D eigenvalue weighted by molar-refractivity contribution is -0.144. The zero-order valence-corrected chi connectivity index (χ0v) is 36.4. The number of aliphatic carboxylic acids is 2. The number of unbranched alkanes of at least 4 members (excludes halogenated alkanes) is 10. The zero-order chi connectivity index (χ0) is 44.6. The fourth-order valence-electron chi connectivity index (χ4n) is 5.95. The number of carboxylic acid groups (broad SMARTS) is 2. The van der Waals surface area contributed by atoms with Crippen molar-refractivity contribution in [3.05, 3.63) is 0 Å². The highest BCUT2D eigenvalue weighted by Crippen LogP contribution is 2.16. The maximum Gasteiger partial charge on any atom is 0.326 e. The van der Waals surface area contributed by atoms with E-state index in [0.717, 1.165) is 64.2 Å². The number of nitrogens with one attached hydrogen (secondary N) is 3. The highest BCUT2D eigenvalue weighted by Gasteiger charge is 2.23. The molecular formula is C43H75N3O14. The molecule has 0 aliphatic rings. The lowest BCUT2D eigenvalue weighted by atomic mass is 9.94. The molecule has 0 rings (SSSR count). The predicted molar refractivity (Wildman–Crippen MR) is 223 cm³/mol. The summed E-state index contributed by atoms with van der Waals surface area (Å²) >= 11 is 0. The van der Waals surface area contributed by atoms with E-state index in [-0.39, 0.29) is 120 Å². The van der Waals surface area contributed by atoms with E-state index < -0.39 is 29.8 Å². The van der Waals surface area contributed by atoms with Crippen molar-refractivity contribution < 1.29 is 67.5 Å². The third kappa shape index (κ3) is 37.2. The van der Waals surface area contributed by atoms with Crippen LogP contribution in [0.15, 0.2) is 0 Å². The van der Waals surface area contributed by atoms with Crippen LogP contribution in [0.25, 0.3) is 0 Å². The minimum absolute atomic E-state index is 0.0102. The molecule has 0 saturated carbocycles. The van der Waals surface area contributed by atoms with Gasteiger partial charge in [0.25, 0.3) is 0 Å². The van der Waals surface area contributed by atoms with E-state index in [1.807, 2.05) is 6.92 Å². The topological polar surface area (TPSA) is 250 Å². The van der Waals surface area contributed by atoms with Gasteiger partial charge < -0.3 is 49.9 Å². The SMILES string of the molecule is CCCCNC(=O)CC[C@H](NC(=O)COCCOCCCC(=O)COCCOCCNC(=O)CC[C@H](CC(=O)CCCCCCCCCCCCC(C)=O)C(=O)O)C(=O)O. The molecular weight excluding hydrogens is 782 g/mol. The molecule has 0 unspecified atom stereocenters. The maximum absolute atomic E-state index is 12.4. The van der Waals surface area contributed by atoms with Crippen molar-refractivity contribution in [1.29, 1.82) is 0 Å². The van der Waals surface area contributed by atoms with Crippen LogP contribution in [0.4, 0.5) is 0 Å². The van der Waals surface area contributed by atoms with Gasteiger partial charge in [-0.3, -0.25) is 28.8 Å². The molecule has 0 radical (unpaired) electrons. The molecule has 0 heterocycles. The normalized spacial score (nSPS) is 12.0. The van der Waals surface area contributed by atoms with Crippen LogP contribution in [0, 0.1) is 5.92 Å². The lowest BCUT2D eigenvalue weighted by Gasteiger charge is -2.14. The first kappa shape index (κ1) is 56.2. The van der Waals surface area contributed by atoms with E-state index in [0.29, 0.717) is 32.4 Å². The molecule has 346 valence electrons. The molecule has 0 fully saturated rings. The van der Waals surface area contributed by atoms with Gasteiger partial charge in [-0.05, 0) is 45.4 Å². The second-order valence-electron chi connectivity index (χ2n) is 15.1. The van der Waals surface area contributed by atoms with Crippen LogP contribution in [0.2, 0.25) is 0 Å². The smallest absolute Gasteiger partial charge is 0.326 e. The van der Waals surface area contributed by atoms with Crippen LogP contribution in [0.1, 0.15) is 149 Å².